The fourth-order valence-electron chi connectivity index (χ4n) is 1.50. The number of halogens is 1. The number of hydrogen-bond donors (Lipinski definition) is 2. The highest BCUT2D eigenvalue weighted by molar-refractivity contribution is 6.31. The summed E-state index contributed by atoms with van der Waals surface area (Å²) in [5, 5.41) is 10.5. The van der Waals surface area contributed by atoms with Crippen molar-refractivity contribution in [1.82, 2.24) is 20.5 Å². The van der Waals surface area contributed by atoms with E-state index in [9.17, 15) is 0 Å². The van der Waals surface area contributed by atoms with E-state index in [-0.39, 0.29) is 6.04 Å². The Morgan fingerprint density at radius 2 is 2.20 bits per heavy atom. The van der Waals surface area contributed by atoms with Gasteiger partial charge in [0.25, 0.3) is 0 Å². The number of nitrogens with zero attached hydrogens (tertiary/aromatic N) is 2. The first-order valence-electron chi connectivity index (χ1n) is 4.60. The van der Waals surface area contributed by atoms with E-state index in [1.807, 2.05) is 31.3 Å². The van der Waals surface area contributed by atoms with Crippen LogP contribution in [0.5, 0.6) is 0 Å². The van der Waals surface area contributed by atoms with Gasteiger partial charge in [0.15, 0.2) is 0 Å². The summed E-state index contributed by atoms with van der Waals surface area (Å²) in [6.07, 6.45) is 1.48. The molecule has 1 aromatic heterocycles. The summed E-state index contributed by atoms with van der Waals surface area (Å²) in [6, 6.07) is 7.62. The molecule has 15 heavy (non-hydrogen) atoms. The third kappa shape index (κ3) is 2.00. The number of H-pyrrole nitrogens is 1. The van der Waals surface area contributed by atoms with Crippen molar-refractivity contribution in [2.45, 2.75) is 6.04 Å². The fraction of sp³-hybridized carbons (Fsp3) is 0.200. The number of rotatable bonds is 3. The van der Waals surface area contributed by atoms with Gasteiger partial charge in [-0.05, 0) is 18.7 Å². The van der Waals surface area contributed by atoms with E-state index < -0.39 is 0 Å². The molecule has 78 valence electrons. The maximum atomic E-state index is 6.11. The maximum Gasteiger partial charge on any atom is 0.146 e. The molecule has 0 bridgehead atoms. The second kappa shape index (κ2) is 4.42. The van der Waals surface area contributed by atoms with Gasteiger partial charge < -0.3 is 5.32 Å². The van der Waals surface area contributed by atoms with Gasteiger partial charge >= 0.3 is 0 Å². The number of nitrogens with one attached hydrogen (secondary N) is 2. The Labute approximate surface area is 92.7 Å². The second-order valence-corrected chi connectivity index (χ2v) is 3.52. The molecule has 0 fully saturated rings. The summed E-state index contributed by atoms with van der Waals surface area (Å²) in [5.74, 6) is 0.755. The smallest absolute Gasteiger partial charge is 0.146 e. The number of benzene rings is 1. The third-order valence-corrected chi connectivity index (χ3v) is 2.56. The molecule has 0 aliphatic heterocycles. The molecule has 0 radical (unpaired) electrons. The van der Waals surface area contributed by atoms with Crippen molar-refractivity contribution in [3.05, 3.63) is 47.0 Å². The van der Waals surface area contributed by atoms with E-state index in [1.165, 1.54) is 6.33 Å². The fourth-order valence-corrected chi connectivity index (χ4v) is 1.75. The highest BCUT2D eigenvalue weighted by Crippen LogP contribution is 2.25. The molecule has 0 saturated heterocycles. The van der Waals surface area contributed by atoms with E-state index in [0.717, 1.165) is 11.4 Å². The summed E-state index contributed by atoms with van der Waals surface area (Å²) in [6.45, 7) is 0. The average Bonchev–Trinajstić information content (AvgIpc) is 2.75. The zero-order valence-corrected chi connectivity index (χ0v) is 8.99. The lowest BCUT2D eigenvalue weighted by atomic mass is 10.1. The molecular weight excluding hydrogens is 212 g/mol. The number of aromatic nitrogens is 3. The van der Waals surface area contributed by atoms with Crippen molar-refractivity contribution in [1.29, 1.82) is 0 Å². The standard InChI is InChI=1S/C10H11ClN4/c1-12-9(10-13-6-14-15-10)7-4-2-3-5-8(7)11/h2-6,9,12H,1H3,(H,13,14,15). The molecule has 0 spiro atoms. The van der Waals surface area contributed by atoms with Crippen LogP contribution < -0.4 is 5.32 Å². The first-order valence-corrected chi connectivity index (χ1v) is 4.97. The molecule has 1 heterocycles. The normalized spacial score (nSPS) is 12.7. The van der Waals surface area contributed by atoms with Gasteiger partial charge in [-0.3, -0.25) is 5.10 Å². The van der Waals surface area contributed by atoms with Crippen molar-refractivity contribution >= 4 is 11.6 Å². The van der Waals surface area contributed by atoms with Crippen molar-refractivity contribution in [3.63, 3.8) is 0 Å². The van der Waals surface area contributed by atoms with Gasteiger partial charge in [-0.15, -0.1) is 0 Å². The summed E-state index contributed by atoms with van der Waals surface area (Å²) in [7, 11) is 1.86. The molecule has 2 rings (SSSR count). The molecule has 2 N–H and O–H groups in total. The van der Waals surface area contributed by atoms with Crippen LogP contribution in [-0.4, -0.2) is 22.2 Å². The Hall–Kier alpha value is -1.39. The first-order chi connectivity index (χ1) is 7.33. The Morgan fingerprint density at radius 1 is 1.40 bits per heavy atom. The van der Waals surface area contributed by atoms with E-state index in [4.69, 9.17) is 11.6 Å². The zero-order valence-electron chi connectivity index (χ0n) is 8.24. The third-order valence-electron chi connectivity index (χ3n) is 2.21. The van der Waals surface area contributed by atoms with Crippen molar-refractivity contribution in [2.24, 2.45) is 0 Å². The lowest BCUT2D eigenvalue weighted by Crippen LogP contribution is -2.19. The Morgan fingerprint density at radius 3 is 2.80 bits per heavy atom. The molecule has 0 aliphatic carbocycles. The molecular formula is C10H11ClN4. The number of hydrogen-bond acceptors (Lipinski definition) is 3. The highest BCUT2D eigenvalue weighted by atomic mass is 35.5. The molecule has 1 unspecified atom stereocenters. The van der Waals surface area contributed by atoms with E-state index in [1.54, 1.807) is 0 Å². The Bertz CT molecular complexity index is 427. The van der Waals surface area contributed by atoms with Crippen LogP contribution in [0.3, 0.4) is 0 Å². The molecule has 0 aliphatic rings. The zero-order chi connectivity index (χ0) is 10.7. The van der Waals surface area contributed by atoms with Crippen LogP contribution in [0.4, 0.5) is 0 Å². The summed E-state index contributed by atoms with van der Waals surface area (Å²) >= 11 is 6.11. The molecule has 0 amide bonds. The predicted molar refractivity (Wildman–Crippen MR) is 58.7 cm³/mol. The van der Waals surface area contributed by atoms with Crippen molar-refractivity contribution < 1.29 is 0 Å². The number of aromatic amines is 1. The molecule has 5 heteroatoms. The van der Waals surface area contributed by atoms with Crippen LogP contribution in [0, 0.1) is 0 Å². The first kappa shape index (κ1) is 10.1. The van der Waals surface area contributed by atoms with Gasteiger partial charge in [0, 0.05) is 5.02 Å². The van der Waals surface area contributed by atoms with Crippen LogP contribution in [0.15, 0.2) is 30.6 Å². The van der Waals surface area contributed by atoms with E-state index >= 15 is 0 Å². The molecule has 1 aromatic carbocycles. The predicted octanol–water partition coefficient (Wildman–Crippen LogP) is 1.77. The van der Waals surface area contributed by atoms with Crippen molar-refractivity contribution in [3.8, 4) is 0 Å². The van der Waals surface area contributed by atoms with Gasteiger partial charge in [0.05, 0.1) is 6.04 Å². The Balaban J connectivity index is 2.40. The van der Waals surface area contributed by atoms with Crippen LogP contribution in [-0.2, 0) is 0 Å². The van der Waals surface area contributed by atoms with Crippen LogP contribution in [0.1, 0.15) is 17.4 Å². The van der Waals surface area contributed by atoms with E-state index in [2.05, 4.69) is 20.5 Å². The summed E-state index contributed by atoms with van der Waals surface area (Å²) in [5.41, 5.74) is 0.985. The summed E-state index contributed by atoms with van der Waals surface area (Å²) < 4.78 is 0. The lowest BCUT2D eigenvalue weighted by Gasteiger charge is -2.14. The molecule has 4 nitrogen and oxygen atoms in total. The minimum atomic E-state index is -0.0544. The Kier molecular flexibility index (Phi) is 2.99. The van der Waals surface area contributed by atoms with Gasteiger partial charge in [-0.25, -0.2) is 4.98 Å². The van der Waals surface area contributed by atoms with Crippen LogP contribution >= 0.6 is 11.6 Å². The van der Waals surface area contributed by atoms with Gasteiger partial charge in [-0.1, -0.05) is 29.8 Å². The molecule has 2 aromatic rings. The largest absolute Gasteiger partial charge is 0.307 e. The highest BCUT2D eigenvalue weighted by Gasteiger charge is 2.16. The van der Waals surface area contributed by atoms with Crippen LogP contribution in [0.25, 0.3) is 0 Å². The van der Waals surface area contributed by atoms with Crippen LogP contribution in [0.2, 0.25) is 5.02 Å². The second-order valence-electron chi connectivity index (χ2n) is 3.11. The van der Waals surface area contributed by atoms with E-state index in [0.29, 0.717) is 5.02 Å². The average molecular weight is 223 g/mol. The molecule has 1 atom stereocenters. The minimum absolute atomic E-state index is 0.0544. The monoisotopic (exact) mass is 222 g/mol. The van der Waals surface area contributed by atoms with Gasteiger partial charge in [0.1, 0.15) is 12.2 Å². The quantitative estimate of drug-likeness (QED) is 0.832. The topological polar surface area (TPSA) is 53.6 Å². The minimum Gasteiger partial charge on any atom is -0.307 e. The van der Waals surface area contributed by atoms with Crippen molar-refractivity contribution in [2.75, 3.05) is 7.05 Å². The maximum absolute atomic E-state index is 6.11. The summed E-state index contributed by atoms with van der Waals surface area (Å²) in [4.78, 5) is 4.12. The van der Waals surface area contributed by atoms with Gasteiger partial charge in [0.2, 0.25) is 0 Å². The lowest BCUT2D eigenvalue weighted by molar-refractivity contribution is 0.650. The van der Waals surface area contributed by atoms with Gasteiger partial charge in [-0.2, -0.15) is 5.10 Å². The SMILES string of the molecule is CNC(c1ncn[nH]1)c1ccccc1Cl. The molecule has 0 saturated carbocycles.